The molecule has 0 aliphatic rings. The first-order valence-electron chi connectivity index (χ1n) is 6.52. The van der Waals surface area contributed by atoms with E-state index in [2.05, 4.69) is 15.4 Å². The molecule has 8 nitrogen and oxygen atoms in total. The number of aliphatic hydroxyl groups is 1. The highest BCUT2D eigenvalue weighted by Gasteiger charge is 2.11. The van der Waals surface area contributed by atoms with E-state index in [1.54, 1.807) is 6.20 Å². The lowest BCUT2D eigenvalue weighted by atomic mass is 10.2. The molecule has 0 fully saturated rings. The number of aromatic nitrogens is 3. The van der Waals surface area contributed by atoms with Gasteiger partial charge < -0.3 is 10.4 Å². The van der Waals surface area contributed by atoms with E-state index in [-0.39, 0.29) is 12.2 Å². The molecular weight excluding hydrogens is 274 g/mol. The maximum absolute atomic E-state index is 10.5. The Kier molecular flexibility index (Phi) is 4.96. The molecule has 0 bridgehead atoms. The second-order valence-electron chi connectivity index (χ2n) is 4.73. The highest BCUT2D eigenvalue weighted by molar-refractivity contribution is 5.20. The van der Waals surface area contributed by atoms with E-state index in [4.69, 9.17) is 0 Å². The van der Waals surface area contributed by atoms with Crippen LogP contribution in [0.3, 0.4) is 0 Å². The van der Waals surface area contributed by atoms with Gasteiger partial charge in [0.25, 0.3) is 0 Å². The van der Waals surface area contributed by atoms with Gasteiger partial charge in [0, 0.05) is 19.3 Å². The van der Waals surface area contributed by atoms with E-state index in [0.29, 0.717) is 13.1 Å². The second-order valence-corrected chi connectivity index (χ2v) is 4.73. The summed E-state index contributed by atoms with van der Waals surface area (Å²) in [5, 5.41) is 27.4. The minimum absolute atomic E-state index is 0.0840. The molecule has 1 unspecified atom stereocenters. The average molecular weight is 291 g/mol. The van der Waals surface area contributed by atoms with Crippen LogP contribution in [0.15, 0.2) is 30.7 Å². The molecule has 2 rings (SSSR count). The molecule has 8 heteroatoms. The fraction of sp³-hybridized carbons (Fsp3) is 0.385. The summed E-state index contributed by atoms with van der Waals surface area (Å²) in [5.41, 5.74) is 1.93. The summed E-state index contributed by atoms with van der Waals surface area (Å²) < 4.78 is 1.36. The van der Waals surface area contributed by atoms with Gasteiger partial charge in [0.15, 0.2) is 0 Å². The van der Waals surface area contributed by atoms with Crippen molar-refractivity contribution in [3.05, 3.63) is 52.1 Å². The summed E-state index contributed by atoms with van der Waals surface area (Å²) in [6.07, 6.45) is 3.50. The summed E-state index contributed by atoms with van der Waals surface area (Å²) in [5.74, 6) is 0. The Balaban J connectivity index is 1.78. The minimum Gasteiger partial charge on any atom is -0.390 e. The van der Waals surface area contributed by atoms with Gasteiger partial charge in [-0.3, -0.25) is 19.8 Å². The normalized spacial score (nSPS) is 12.3. The van der Waals surface area contributed by atoms with Crippen LogP contribution in [0.2, 0.25) is 0 Å². The third-order valence-corrected chi connectivity index (χ3v) is 3.02. The molecule has 2 N–H and O–H groups in total. The number of aliphatic hydroxyl groups excluding tert-OH is 1. The maximum Gasteiger partial charge on any atom is 0.306 e. The van der Waals surface area contributed by atoms with Crippen molar-refractivity contribution >= 4 is 5.69 Å². The van der Waals surface area contributed by atoms with E-state index in [9.17, 15) is 15.2 Å². The quantitative estimate of drug-likeness (QED) is 0.573. The van der Waals surface area contributed by atoms with Crippen molar-refractivity contribution in [2.75, 3.05) is 6.54 Å². The Hall–Kier alpha value is -2.32. The van der Waals surface area contributed by atoms with Gasteiger partial charge in [-0.2, -0.15) is 5.10 Å². The molecule has 0 spiro atoms. The average Bonchev–Trinajstić information content (AvgIpc) is 2.89. The molecule has 0 saturated carbocycles. The van der Waals surface area contributed by atoms with E-state index in [0.717, 1.165) is 17.5 Å². The molecule has 2 aromatic rings. The highest BCUT2D eigenvalue weighted by Crippen LogP contribution is 2.08. The van der Waals surface area contributed by atoms with Gasteiger partial charge >= 0.3 is 5.69 Å². The summed E-state index contributed by atoms with van der Waals surface area (Å²) in [6.45, 7) is 3.08. The lowest BCUT2D eigenvalue weighted by Gasteiger charge is -2.12. The molecule has 0 aliphatic heterocycles. The first kappa shape index (κ1) is 15.1. The number of pyridine rings is 1. The van der Waals surface area contributed by atoms with Crippen molar-refractivity contribution in [1.82, 2.24) is 20.1 Å². The van der Waals surface area contributed by atoms with Crippen LogP contribution in [-0.4, -0.2) is 37.4 Å². The zero-order chi connectivity index (χ0) is 15.2. The van der Waals surface area contributed by atoms with Crippen LogP contribution < -0.4 is 5.32 Å². The highest BCUT2D eigenvalue weighted by atomic mass is 16.6. The third kappa shape index (κ3) is 4.33. The smallest absolute Gasteiger partial charge is 0.306 e. The fourth-order valence-electron chi connectivity index (χ4n) is 1.89. The fourth-order valence-corrected chi connectivity index (χ4v) is 1.89. The molecule has 0 radical (unpaired) electrons. The van der Waals surface area contributed by atoms with Gasteiger partial charge in [-0.05, 0) is 18.6 Å². The van der Waals surface area contributed by atoms with Crippen LogP contribution in [0, 0.1) is 17.0 Å². The molecule has 2 heterocycles. The zero-order valence-electron chi connectivity index (χ0n) is 11.6. The molecule has 0 aliphatic carbocycles. The molecule has 0 saturated heterocycles. The number of nitro groups is 1. The van der Waals surface area contributed by atoms with Crippen LogP contribution in [0.4, 0.5) is 5.69 Å². The van der Waals surface area contributed by atoms with E-state index in [1.807, 2.05) is 19.1 Å². The van der Waals surface area contributed by atoms with Crippen LogP contribution in [0.5, 0.6) is 0 Å². The van der Waals surface area contributed by atoms with Crippen LogP contribution >= 0.6 is 0 Å². The monoisotopic (exact) mass is 291 g/mol. The summed E-state index contributed by atoms with van der Waals surface area (Å²) >= 11 is 0. The number of aryl methyl sites for hydroxylation is 1. The summed E-state index contributed by atoms with van der Waals surface area (Å²) in [6, 6.07) is 3.85. The predicted octanol–water partition coefficient (Wildman–Crippen LogP) is 0.645. The Morgan fingerprint density at radius 2 is 2.38 bits per heavy atom. The van der Waals surface area contributed by atoms with Crippen molar-refractivity contribution in [2.45, 2.75) is 26.1 Å². The molecule has 112 valence electrons. The largest absolute Gasteiger partial charge is 0.390 e. The van der Waals surface area contributed by atoms with Crippen molar-refractivity contribution in [3.8, 4) is 0 Å². The van der Waals surface area contributed by atoms with Crippen LogP contribution in [-0.2, 0) is 13.1 Å². The molecule has 0 aromatic carbocycles. The minimum atomic E-state index is -0.687. The first-order chi connectivity index (χ1) is 10.1. The standard InChI is InChI=1S/C13H17N5O3/c1-10-3-2-4-15-13(10)7-14-6-12(19)9-17-8-11(5-16-17)18(20)21/h2-5,8,12,14,19H,6-7,9H2,1H3. The van der Waals surface area contributed by atoms with E-state index >= 15 is 0 Å². The van der Waals surface area contributed by atoms with Crippen LogP contribution in [0.1, 0.15) is 11.3 Å². The lowest BCUT2D eigenvalue weighted by Crippen LogP contribution is -2.30. The Bertz CT molecular complexity index is 613. The third-order valence-electron chi connectivity index (χ3n) is 3.02. The lowest BCUT2D eigenvalue weighted by molar-refractivity contribution is -0.385. The number of nitrogens with zero attached hydrogens (tertiary/aromatic N) is 4. The second kappa shape index (κ2) is 6.91. The predicted molar refractivity (Wildman–Crippen MR) is 75.6 cm³/mol. The van der Waals surface area contributed by atoms with Crippen molar-refractivity contribution < 1.29 is 10.0 Å². The molecule has 1 atom stereocenters. The summed E-state index contributed by atoms with van der Waals surface area (Å²) in [4.78, 5) is 14.3. The van der Waals surface area contributed by atoms with Gasteiger partial charge in [0.2, 0.25) is 0 Å². The van der Waals surface area contributed by atoms with Crippen molar-refractivity contribution in [3.63, 3.8) is 0 Å². The number of rotatable bonds is 7. The van der Waals surface area contributed by atoms with Crippen molar-refractivity contribution in [1.29, 1.82) is 0 Å². The molecule has 0 amide bonds. The number of hydrogen-bond donors (Lipinski definition) is 2. The van der Waals surface area contributed by atoms with Crippen molar-refractivity contribution in [2.24, 2.45) is 0 Å². The number of nitrogens with one attached hydrogen (secondary N) is 1. The van der Waals surface area contributed by atoms with Gasteiger partial charge in [-0.25, -0.2) is 0 Å². The summed E-state index contributed by atoms with van der Waals surface area (Å²) in [7, 11) is 0. The first-order valence-corrected chi connectivity index (χ1v) is 6.52. The number of hydrogen-bond acceptors (Lipinski definition) is 6. The van der Waals surface area contributed by atoms with Gasteiger partial charge in [0.1, 0.15) is 12.4 Å². The Morgan fingerprint density at radius 1 is 1.57 bits per heavy atom. The van der Waals surface area contributed by atoms with Crippen LogP contribution in [0.25, 0.3) is 0 Å². The topological polar surface area (TPSA) is 106 Å². The van der Waals surface area contributed by atoms with E-state index in [1.165, 1.54) is 10.9 Å². The van der Waals surface area contributed by atoms with E-state index < -0.39 is 11.0 Å². The van der Waals surface area contributed by atoms with Gasteiger partial charge in [0.05, 0.1) is 23.3 Å². The SMILES string of the molecule is Cc1cccnc1CNCC(O)Cn1cc([N+](=O)[O-])cn1. The molecular formula is C13H17N5O3. The Morgan fingerprint density at radius 3 is 3.05 bits per heavy atom. The molecule has 21 heavy (non-hydrogen) atoms. The van der Waals surface area contributed by atoms with Gasteiger partial charge in [-0.1, -0.05) is 6.07 Å². The Labute approximate surface area is 121 Å². The van der Waals surface area contributed by atoms with Gasteiger partial charge in [-0.15, -0.1) is 0 Å². The molecule has 2 aromatic heterocycles. The maximum atomic E-state index is 10.5. The zero-order valence-corrected chi connectivity index (χ0v) is 11.6.